The van der Waals surface area contributed by atoms with Crippen molar-refractivity contribution in [3.05, 3.63) is 81.9 Å². The van der Waals surface area contributed by atoms with Crippen molar-refractivity contribution in [3.63, 3.8) is 0 Å². The van der Waals surface area contributed by atoms with Gasteiger partial charge in [-0.3, -0.25) is 0 Å². The van der Waals surface area contributed by atoms with Crippen LogP contribution in [0.15, 0.2) is 48.5 Å². The van der Waals surface area contributed by atoms with Gasteiger partial charge in [-0.2, -0.15) is 12.1 Å². The third-order valence-corrected chi connectivity index (χ3v) is 8.89. The van der Waals surface area contributed by atoms with Crippen LogP contribution in [0, 0.1) is 41.5 Å². The summed E-state index contributed by atoms with van der Waals surface area (Å²) in [6.45, 7) is 15.2. The minimum absolute atomic E-state index is 1.30. The normalized spacial score (nSPS) is 10.4. The number of hydrogen-bond donors (Lipinski definition) is 0. The molecule has 0 saturated carbocycles. The van der Waals surface area contributed by atoms with Gasteiger partial charge in [-0.05, 0) is 13.8 Å². The fourth-order valence-corrected chi connectivity index (χ4v) is 6.17. The summed E-state index contributed by atoms with van der Waals surface area (Å²) in [5.41, 5.74) is 8.24. The zero-order valence-electron chi connectivity index (χ0n) is 19.7. The van der Waals surface area contributed by atoms with Crippen LogP contribution in [0.25, 0.3) is 21.5 Å². The van der Waals surface area contributed by atoms with Crippen molar-refractivity contribution in [2.24, 2.45) is 0 Å². The zero-order valence-corrected chi connectivity index (χ0v) is 24.3. The first-order valence-corrected chi connectivity index (χ1v) is 17.5. The Bertz CT molecular complexity index is 949. The summed E-state index contributed by atoms with van der Waals surface area (Å²) < 4.78 is 0. The first-order valence-electron chi connectivity index (χ1n) is 10.9. The first-order chi connectivity index (χ1) is 14.3. The minimum atomic E-state index is 1.30. The van der Waals surface area contributed by atoms with Crippen molar-refractivity contribution in [1.82, 2.24) is 0 Å². The van der Waals surface area contributed by atoms with E-state index < -0.39 is 0 Å². The average molecular weight is 578 g/mol. The molecule has 0 N–H and O–H groups in total. The van der Waals surface area contributed by atoms with E-state index in [4.69, 9.17) is 0 Å². The summed E-state index contributed by atoms with van der Waals surface area (Å²) >= 11 is 1.43. The van der Waals surface area contributed by atoms with Crippen molar-refractivity contribution >= 4 is 27.8 Å². The Hall–Kier alpha value is -1.25. The molecule has 0 unspecified atom stereocenters. The van der Waals surface area contributed by atoms with E-state index in [0.717, 1.165) is 0 Å². The molecule has 0 atom stereocenters. The maximum Gasteiger partial charge on any atom is -0.0488 e. The quantitative estimate of drug-likeness (QED) is 0.130. The van der Waals surface area contributed by atoms with Gasteiger partial charge in [-0.15, -0.1) is 68.1 Å². The maximum atomic E-state index is 2.26. The Morgan fingerprint density at radius 1 is 0.700 bits per heavy atom. The van der Waals surface area contributed by atoms with Gasteiger partial charge in [-0.1, -0.05) is 51.0 Å². The van der Waals surface area contributed by atoms with E-state index in [0.29, 0.717) is 0 Å². The molecule has 30 heavy (non-hydrogen) atoms. The first kappa shape index (κ1) is 25.0. The standard InChI is InChI=1S/2C12H13.C4H9Si.Hf/c2*1-8-6-11-9(2)4-5-10(3)12(11)7-8;1-2-3-4-5;/h2*4-7H,1-3H3;2-4H2,1H3;/q2*-1;;+2. The summed E-state index contributed by atoms with van der Waals surface area (Å²) in [6.07, 6.45) is 4.15. The van der Waals surface area contributed by atoms with Crippen molar-refractivity contribution < 1.29 is 23.0 Å². The number of unbranched alkanes of at least 4 members (excludes halogenated alkanes) is 1. The van der Waals surface area contributed by atoms with E-state index in [-0.39, 0.29) is 0 Å². The molecule has 0 aromatic heterocycles. The molecule has 0 fully saturated rings. The Morgan fingerprint density at radius 2 is 1.10 bits per heavy atom. The van der Waals surface area contributed by atoms with Gasteiger partial charge in [0, 0.05) is 0 Å². The Morgan fingerprint density at radius 3 is 1.40 bits per heavy atom. The second-order valence-electron chi connectivity index (χ2n) is 8.40. The van der Waals surface area contributed by atoms with Crippen LogP contribution in [0.2, 0.25) is 6.04 Å². The van der Waals surface area contributed by atoms with Crippen molar-refractivity contribution in [2.45, 2.75) is 67.4 Å². The number of rotatable bonds is 3. The van der Waals surface area contributed by atoms with Crippen molar-refractivity contribution in [2.75, 3.05) is 0 Å². The molecule has 0 heterocycles. The van der Waals surface area contributed by atoms with Gasteiger partial charge in [0.2, 0.25) is 0 Å². The van der Waals surface area contributed by atoms with Crippen LogP contribution in [0.4, 0.5) is 0 Å². The van der Waals surface area contributed by atoms with E-state index >= 15 is 0 Å². The van der Waals surface area contributed by atoms with Gasteiger partial charge >= 0.3 is 55.0 Å². The van der Waals surface area contributed by atoms with Gasteiger partial charge in [0.05, 0.1) is 0 Å². The van der Waals surface area contributed by atoms with Crippen LogP contribution < -0.4 is 0 Å². The molecule has 4 rings (SSSR count). The van der Waals surface area contributed by atoms with E-state index in [9.17, 15) is 0 Å². The average Bonchev–Trinajstić information content (AvgIpc) is 3.31. The van der Waals surface area contributed by atoms with Crippen LogP contribution in [-0.2, 0) is 23.0 Å². The number of fused-ring (bicyclic) bond motifs is 2. The number of aryl methyl sites for hydroxylation is 6. The predicted molar refractivity (Wildman–Crippen MR) is 133 cm³/mol. The van der Waals surface area contributed by atoms with Crippen LogP contribution in [-0.4, -0.2) is 6.22 Å². The number of benzene rings is 2. The molecule has 0 aliphatic rings. The smallest absolute Gasteiger partial charge is 0.0488 e. The van der Waals surface area contributed by atoms with E-state index in [2.05, 4.69) is 97.0 Å². The van der Waals surface area contributed by atoms with Crippen LogP contribution in [0.5, 0.6) is 0 Å². The van der Waals surface area contributed by atoms with Crippen LogP contribution in [0.1, 0.15) is 53.1 Å². The minimum Gasteiger partial charge on any atom is -0.165 e. The van der Waals surface area contributed by atoms with E-state index in [1.807, 2.05) is 0 Å². The molecule has 0 amide bonds. The molecule has 4 aromatic carbocycles. The second kappa shape index (κ2) is 12.0. The van der Waals surface area contributed by atoms with Gasteiger partial charge < -0.3 is 0 Å². The topological polar surface area (TPSA) is 0 Å². The molecular formula is C28H35HfSi. The summed E-state index contributed by atoms with van der Waals surface area (Å²) in [4.78, 5) is 0. The Balaban J connectivity index is 0.000000171. The van der Waals surface area contributed by atoms with E-state index in [1.165, 1.54) is 103 Å². The largest absolute Gasteiger partial charge is 0.165 e. The molecule has 0 nitrogen and oxygen atoms in total. The Labute approximate surface area is 199 Å². The van der Waals surface area contributed by atoms with Gasteiger partial charge in [0.25, 0.3) is 0 Å². The third kappa shape index (κ3) is 6.62. The monoisotopic (exact) mass is 579 g/mol. The van der Waals surface area contributed by atoms with Gasteiger partial charge in [-0.25, -0.2) is 0 Å². The Kier molecular flexibility index (Phi) is 9.97. The molecular weight excluding hydrogens is 543 g/mol. The van der Waals surface area contributed by atoms with Crippen molar-refractivity contribution in [3.8, 4) is 0 Å². The summed E-state index contributed by atoms with van der Waals surface area (Å²) in [5.74, 6) is 0. The van der Waals surface area contributed by atoms with E-state index in [1.54, 1.807) is 0 Å². The van der Waals surface area contributed by atoms with Crippen LogP contribution >= 0.6 is 0 Å². The summed E-state index contributed by atoms with van der Waals surface area (Å²) in [6, 6.07) is 19.3. The molecule has 4 aromatic rings. The summed E-state index contributed by atoms with van der Waals surface area (Å²) in [7, 11) is 0. The molecule has 0 aliphatic carbocycles. The number of hydrogen-bond acceptors (Lipinski definition) is 0. The molecule has 0 aliphatic heterocycles. The maximum absolute atomic E-state index is 2.26. The van der Waals surface area contributed by atoms with Crippen LogP contribution in [0.3, 0.4) is 0 Å². The molecule has 0 saturated heterocycles. The molecule has 1 radical (unpaired) electrons. The van der Waals surface area contributed by atoms with Crippen molar-refractivity contribution in [1.29, 1.82) is 0 Å². The SMILES string of the molecule is CCCC[Si]=[Hf+2].Cc1cc2c(C)ccc(C)c2[cH-]1.Cc1cc2c(C)ccc(C)c2[cH-]1. The third-order valence-electron chi connectivity index (χ3n) is 5.59. The zero-order chi connectivity index (χ0) is 22.3. The van der Waals surface area contributed by atoms with Gasteiger partial charge in [0.15, 0.2) is 0 Å². The summed E-state index contributed by atoms with van der Waals surface area (Å²) in [5, 5.41) is 5.64. The fourth-order valence-electron chi connectivity index (χ4n) is 3.73. The molecule has 2 heteroatoms. The molecule has 0 bridgehead atoms. The van der Waals surface area contributed by atoms with Gasteiger partial charge in [0.1, 0.15) is 0 Å². The predicted octanol–water partition coefficient (Wildman–Crippen LogP) is 8.34. The fraction of sp³-hybridized carbons (Fsp3) is 0.357. The molecule has 155 valence electrons. The second-order valence-corrected chi connectivity index (χ2v) is 13.1. The molecule has 0 spiro atoms.